The molecule has 2 amide bonds. The third kappa shape index (κ3) is 3.57. The van der Waals surface area contributed by atoms with Gasteiger partial charge in [-0.3, -0.25) is 4.79 Å². The average Bonchev–Trinajstić information content (AvgIpc) is 2.72. The second kappa shape index (κ2) is 6.21. The number of rotatable bonds is 5. The van der Waals surface area contributed by atoms with Crippen LogP contribution in [-0.2, 0) is 14.3 Å². The van der Waals surface area contributed by atoms with E-state index in [0.717, 1.165) is 12.8 Å². The van der Waals surface area contributed by atoms with Crippen molar-refractivity contribution >= 4 is 12.0 Å². The van der Waals surface area contributed by atoms with Crippen molar-refractivity contribution in [2.45, 2.75) is 25.0 Å². The predicted octanol–water partition coefficient (Wildman–Crippen LogP) is 0.00260. The summed E-state index contributed by atoms with van der Waals surface area (Å²) in [6.07, 6.45) is 2.17. The van der Waals surface area contributed by atoms with Crippen molar-refractivity contribution in [1.29, 1.82) is 0 Å². The van der Waals surface area contributed by atoms with Crippen LogP contribution in [0.15, 0.2) is 0 Å². The van der Waals surface area contributed by atoms with Crippen LogP contribution in [-0.4, -0.2) is 79.0 Å². The van der Waals surface area contributed by atoms with Gasteiger partial charge in [-0.25, -0.2) is 4.79 Å². The van der Waals surface area contributed by atoms with E-state index in [0.29, 0.717) is 19.7 Å². The number of likely N-dealkylation sites (tertiary alicyclic amines) is 1. The molecule has 108 valence electrons. The van der Waals surface area contributed by atoms with E-state index in [1.165, 1.54) is 12.0 Å². The summed E-state index contributed by atoms with van der Waals surface area (Å²) in [6.45, 7) is 1.43. The van der Waals surface area contributed by atoms with Crippen molar-refractivity contribution in [3.63, 3.8) is 0 Å². The molecule has 7 heteroatoms. The topological polar surface area (TPSA) is 79.3 Å². The van der Waals surface area contributed by atoms with Gasteiger partial charge in [0.05, 0.1) is 18.8 Å². The fourth-order valence-corrected chi connectivity index (χ4v) is 2.58. The third-order valence-electron chi connectivity index (χ3n) is 3.48. The number of aliphatic carboxylic acids is 1. The summed E-state index contributed by atoms with van der Waals surface area (Å²) in [5.74, 6) is -1.01. The molecule has 2 atom stereocenters. The van der Waals surface area contributed by atoms with Crippen molar-refractivity contribution < 1.29 is 24.2 Å². The molecule has 2 heterocycles. The van der Waals surface area contributed by atoms with Crippen LogP contribution >= 0.6 is 0 Å². The molecule has 2 unspecified atom stereocenters. The van der Waals surface area contributed by atoms with E-state index in [1.807, 2.05) is 0 Å². The molecule has 2 aliphatic heterocycles. The SMILES string of the molecule is COCCN(CC(=O)O)C(=O)N1CC2CCC(C1)O2. The summed E-state index contributed by atoms with van der Waals surface area (Å²) in [4.78, 5) is 26.2. The number of morpholine rings is 1. The van der Waals surface area contributed by atoms with Crippen LogP contribution in [0.25, 0.3) is 0 Å². The summed E-state index contributed by atoms with van der Waals surface area (Å²) in [5.41, 5.74) is 0. The van der Waals surface area contributed by atoms with E-state index in [9.17, 15) is 9.59 Å². The number of carbonyl (C=O) groups is 2. The van der Waals surface area contributed by atoms with Gasteiger partial charge in [0.25, 0.3) is 0 Å². The minimum absolute atomic E-state index is 0.108. The van der Waals surface area contributed by atoms with Crippen LogP contribution in [0.1, 0.15) is 12.8 Å². The van der Waals surface area contributed by atoms with Crippen LogP contribution in [0.5, 0.6) is 0 Å². The highest BCUT2D eigenvalue weighted by Gasteiger charge is 2.37. The largest absolute Gasteiger partial charge is 0.480 e. The Kier molecular flexibility index (Phi) is 4.60. The van der Waals surface area contributed by atoms with Crippen molar-refractivity contribution in [3.05, 3.63) is 0 Å². The monoisotopic (exact) mass is 272 g/mol. The number of amides is 2. The first-order valence-electron chi connectivity index (χ1n) is 6.50. The zero-order valence-corrected chi connectivity index (χ0v) is 11.1. The molecule has 2 bridgehead atoms. The lowest BCUT2D eigenvalue weighted by molar-refractivity contribution is -0.138. The fourth-order valence-electron chi connectivity index (χ4n) is 2.58. The Morgan fingerprint density at radius 3 is 2.53 bits per heavy atom. The number of carboxylic acids is 1. The van der Waals surface area contributed by atoms with Crippen molar-refractivity contribution in [2.75, 3.05) is 39.9 Å². The first kappa shape index (κ1) is 14.1. The van der Waals surface area contributed by atoms with Gasteiger partial charge in [0, 0.05) is 26.7 Å². The van der Waals surface area contributed by atoms with Gasteiger partial charge in [0.15, 0.2) is 0 Å². The molecule has 0 saturated carbocycles. The van der Waals surface area contributed by atoms with Crippen molar-refractivity contribution in [3.8, 4) is 0 Å². The molecule has 2 saturated heterocycles. The quantitative estimate of drug-likeness (QED) is 0.762. The lowest BCUT2D eigenvalue weighted by Crippen LogP contribution is -2.52. The second-order valence-electron chi connectivity index (χ2n) is 4.95. The minimum atomic E-state index is -1.01. The molecule has 2 rings (SSSR count). The number of hydrogen-bond donors (Lipinski definition) is 1. The number of ether oxygens (including phenoxy) is 2. The summed E-state index contributed by atoms with van der Waals surface area (Å²) < 4.78 is 10.6. The van der Waals surface area contributed by atoms with Crippen LogP contribution in [0, 0.1) is 0 Å². The Bertz CT molecular complexity index is 337. The molecule has 0 aromatic rings. The second-order valence-corrected chi connectivity index (χ2v) is 4.95. The van der Waals surface area contributed by atoms with E-state index in [2.05, 4.69) is 0 Å². The summed E-state index contributed by atoms with van der Waals surface area (Å²) in [7, 11) is 1.53. The number of carbonyl (C=O) groups excluding carboxylic acids is 1. The predicted molar refractivity (Wildman–Crippen MR) is 65.9 cm³/mol. The molecule has 0 aromatic carbocycles. The van der Waals surface area contributed by atoms with Crippen LogP contribution in [0.2, 0.25) is 0 Å². The summed E-state index contributed by atoms with van der Waals surface area (Å²) in [6, 6.07) is -0.236. The summed E-state index contributed by atoms with van der Waals surface area (Å²) in [5, 5.41) is 8.87. The highest BCUT2D eigenvalue weighted by Crippen LogP contribution is 2.26. The van der Waals surface area contributed by atoms with Crippen molar-refractivity contribution in [1.82, 2.24) is 9.80 Å². The molecule has 2 aliphatic rings. The summed E-state index contributed by atoms with van der Waals surface area (Å²) >= 11 is 0. The molecule has 1 N–H and O–H groups in total. The lowest BCUT2D eigenvalue weighted by Gasteiger charge is -2.35. The van der Waals surface area contributed by atoms with Gasteiger partial charge in [-0.05, 0) is 12.8 Å². The van der Waals surface area contributed by atoms with Crippen molar-refractivity contribution in [2.24, 2.45) is 0 Å². The van der Waals surface area contributed by atoms with E-state index in [4.69, 9.17) is 14.6 Å². The molecule has 0 aliphatic carbocycles. The number of nitrogens with zero attached hydrogens (tertiary/aromatic N) is 2. The average molecular weight is 272 g/mol. The molecular formula is C12H20N2O5. The molecular weight excluding hydrogens is 252 g/mol. The minimum Gasteiger partial charge on any atom is -0.480 e. The van der Waals surface area contributed by atoms with E-state index in [1.54, 1.807) is 4.90 Å². The number of urea groups is 1. The zero-order valence-electron chi connectivity index (χ0n) is 11.1. The molecule has 19 heavy (non-hydrogen) atoms. The molecule has 2 fully saturated rings. The molecule has 0 aromatic heterocycles. The molecule has 0 spiro atoms. The number of methoxy groups -OCH3 is 1. The standard InChI is InChI=1S/C12H20N2O5/c1-18-5-4-13(8-11(15)16)12(17)14-6-9-2-3-10(7-14)19-9/h9-10H,2-8H2,1H3,(H,15,16). The van der Waals surface area contributed by atoms with Gasteiger partial charge in [0.1, 0.15) is 6.54 Å². The zero-order chi connectivity index (χ0) is 13.8. The van der Waals surface area contributed by atoms with Gasteiger partial charge < -0.3 is 24.4 Å². The van der Waals surface area contributed by atoms with E-state index in [-0.39, 0.29) is 31.3 Å². The van der Waals surface area contributed by atoms with Crippen LogP contribution in [0.3, 0.4) is 0 Å². The first-order chi connectivity index (χ1) is 9.10. The van der Waals surface area contributed by atoms with Gasteiger partial charge in [-0.1, -0.05) is 0 Å². The van der Waals surface area contributed by atoms with Crippen LogP contribution in [0.4, 0.5) is 4.79 Å². The maximum Gasteiger partial charge on any atom is 0.323 e. The Morgan fingerprint density at radius 2 is 2.00 bits per heavy atom. The van der Waals surface area contributed by atoms with E-state index >= 15 is 0 Å². The Morgan fingerprint density at radius 1 is 1.37 bits per heavy atom. The maximum absolute atomic E-state index is 12.3. The first-order valence-corrected chi connectivity index (χ1v) is 6.50. The number of hydrogen-bond acceptors (Lipinski definition) is 4. The highest BCUT2D eigenvalue weighted by molar-refractivity contribution is 5.80. The van der Waals surface area contributed by atoms with Crippen LogP contribution < -0.4 is 0 Å². The van der Waals surface area contributed by atoms with E-state index < -0.39 is 5.97 Å². The fraction of sp³-hybridized carbons (Fsp3) is 0.833. The third-order valence-corrected chi connectivity index (χ3v) is 3.48. The smallest absolute Gasteiger partial charge is 0.323 e. The number of carboxylic acid groups (broad SMARTS) is 1. The van der Waals surface area contributed by atoms with Gasteiger partial charge in [-0.2, -0.15) is 0 Å². The van der Waals surface area contributed by atoms with Gasteiger partial charge >= 0.3 is 12.0 Å². The maximum atomic E-state index is 12.3. The number of fused-ring (bicyclic) bond motifs is 2. The molecule has 0 radical (unpaired) electrons. The van der Waals surface area contributed by atoms with Gasteiger partial charge in [-0.15, -0.1) is 0 Å². The molecule has 7 nitrogen and oxygen atoms in total. The Labute approximate surface area is 112 Å². The highest BCUT2D eigenvalue weighted by atomic mass is 16.5. The lowest BCUT2D eigenvalue weighted by atomic mass is 10.2. The van der Waals surface area contributed by atoms with Gasteiger partial charge in [0.2, 0.25) is 0 Å². The Hall–Kier alpha value is -1.34. The Balaban J connectivity index is 1.95. The normalized spacial score (nSPS) is 25.4.